The Morgan fingerprint density at radius 3 is 3.04 bits per heavy atom. The minimum atomic E-state index is 0.253. The zero-order chi connectivity index (χ0) is 19.2. The average Bonchev–Trinajstić information content (AvgIpc) is 3.04. The second kappa shape index (κ2) is 9.28. The molecular formula is C20H28N4O2S. The Balaban J connectivity index is 1.69. The van der Waals surface area contributed by atoms with Gasteiger partial charge in [-0.05, 0) is 32.4 Å². The van der Waals surface area contributed by atoms with Crippen molar-refractivity contribution in [2.24, 2.45) is 7.05 Å². The summed E-state index contributed by atoms with van der Waals surface area (Å²) in [6.07, 6.45) is 4.10. The van der Waals surface area contributed by atoms with Crippen LogP contribution in [0.4, 0.5) is 0 Å². The predicted octanol–water partition coefficient (Wildman–Crippen LogP) is 3.58. The number of nitrogens with zero attached hydrogens (tertiary/aromatic N) is 4. The zero-order valence-electron chi connectivity index (χ0n) is 16.1. The van der Waals surface area contributed by atoms with Crippen LogP contribution in [0.1, 0.15) is 37.1 Å². The summed E-state index contributed by atoms with van der Waals surface area (Å²) in [4.78, 5) is 2.38. The van der Waals surface area contributed by atoms with E-state index in [9.17, 15) is 5.11 Å². The van der Waals surface area contributed by atoms with Crippen LogP contribution >= 0.6 is 11.8 Å². The Hall–Kier alpha value is -1.99. The smallest absolute Gasteiger partial charge is 0.191 e. The van der Waals surface area contributed by atoms with E-state index in [1.807, 2.05) is 38.2 Å². The van der Waals surface area contributed by atoms with Gasteiger partial charge in [-0.2, -0.15) is 0 Å². The fourth-order valence-electron chi connectivity index (χ4n) is 3.56. The highest BCUT2D eigenvalue weighted by Crippen LogP contribution is 2.33. The van der Waals surface area contributed by atoms with E-state index in [1.54, 1.807) is 11.8 Å². The molecule has 6 nitrogen and oxygen atoms in total. The Morgan fingerprint density at radius 1 is 1.41 bits per heavy atom. The van der Waals surface area contributed by atoms with E-state index in [-0.39, 0.29) is 5.75 Å². The van der Waals surface area contributed by atoms with Crippen LogP contribution < -0.4 is 4.74 Å². The molecule has 1 N–H and O–H groups in total. The van der Waals surface area contributed by atoms with Crippen molar-refractivity contribution in [2.75, 3.05) is 25.4 Å². The normalized spacial score (nSPS) is 17.8. The molecule has 0 bridgehead atoms. The number of ether oxygens (including phenoxy) is 1. The molecule has 1 unspecified atom stereocenters. The molecule has 2 aromatic rings. The van der Waals surface area contributed by atoms with Crippen molar-refractivity contribution >= 4 is 11.8 Å². The van der Waals surface area contributed by atoms with Crippen molar-refractivity contribution in [3.63, 3.8) is 0 Å². The molecule has 1 aromatic carbocycles. The minimum absolute atomic E-state index is 0.253. The Labute approximate surface area is 165 Å². The van der Waals surface area contributed by atoms with Crippen LogP contribution in [-0.4, -0.2) is 50.2 Å². The molecule has 0 spiro atoms. The number of hydrogen-bond acceptors (Lipinski definition) is 6. The van der Waals surface area contributed by atoms with Crippen molar-refractivity contribution in [2.45, 2.75) is 37.4 Å². The summed E-state index contributed by atoms with van der Waals surface area (Å²) in [5, 5.41) is 20.2. The summed E-state index contributed by atoms with van der Waals surface area (Å²) < 4.78 is 7.61. The average molecular weight is 389 g/mol. The summed E-state index contributed by atoms with van der Waals surface area (Å²) >= 11 is 1.65. The summed E-state index contributed by atoms with van der Waals surface area (Å²) in [5.74, 6) is 3.03. The number of phenolic OH excluding ortho intramolecular Hbond substituents is 1. The van der Waals surface area contributed by atoms with E-state index < -0.39 is 0 Å². The molecule has 3 rings (SSSR count). The molecule has 0 radical (unpaired) electrons. The van der Waals surface area contributed by atoms with Gasteiger partial charge in [0.2, 0.25) is 0 Å². The van der Waals surface area contributed by atoms with Gasteiger partial charge in [-0.15, -0.1) is 16.8 Å². The van der Waals surface area contributed by atoms with Gasteiger partial charge in [0.1, 0.15) is 5.82 Å². The molecule has 1 aromatic heterocycles. The third kappa shape index (κ3) is 4.65. The molecule has 0 saturated carbocycles. The van der Waals surface area contributed by atoms with E-state index in [4.69, 9.17) is 4.74 Å². The number of phenols is 1. The van der Waals surface area contributed by atoms with E-state index in [1.165, 1.54) is 0 Å². The van der Waals surface area contributed by atoms with Gasteiger partial charge in [0, 0.05) is 37.4 Å². The van der Waals surface area contributed by atoms with Crippen LogP contribution in [-0.2, 0) is 13.6 Å². The fraction of sp³-hybridized carbons (Fsp3) is 0.500. The molecule has 2 heterocycles. The number of benzene rings is 1. The maximum atomic E-state index is 10.5. The van der Waals surface area contributed by atoms with Crippen LogP contribution in [0.3, 0.4) is 0 Å². The van der Waals surface area contributed by atoms with E-state index in [2.05, 4.69) is 26.2 Å². The van der Waals surface area contributed by atoms with Crippen molar-refractivity contribution in [1.82, 2.24) is 19.7 Å². The lowest BCUT2D eigenvalue weighted by molar-refractivity contribution is 0.192. The first-order chi connectivity index (χ1) is 13.1. The van der Waals surface area contributed by atoms with Gasteiger partial charge in [0.25, 0.3) is 0 Å². The second-order valence-electron chi connectivity index (χ2n) is 6.77. The lowest BCUT2D eigenvalue weighted by Crippen LogP contribution is -2.34. The topological polar surface area (TPSA) is 63.4 Å². The van der Waals surface area contributed by atoms with Crippen LogP contribution in [0.25, 0.3) is 0 Å². The molecule has 7 heteroatoms. The summed E-state index contributed by atoms with van der Waals surface area (Å²) in [7, 11) is 2.04. The molecule has 1 fully saturated rings. The van der Waals surface area contributed by atoms with Gasteiger partial charge in [-0.1, -0.05) is 30.0 Å². The fourth-order valence-corrected chi connectivity index (χ4v) is 4.21. The third-order valence-electron chi connectivity index (χ3n) is 4.85. The first kappa shape index (κ1) is 19.8. The zero-order valence-corrected chi connectivity index (χ0v) is 16.9. The standard InChI is InChI=1S/C20H28N4O2S/c1-4-12-27-20-22-21-19(23(20)3)16-9-7-11-24(14-16)13-15-8-6-10-17(18(15)25)26-5-2/h4,6,8,10,16,25H,1,5,7,9,11-14H2,2-3H3. The number of aromatic hydroxyl groups is 1. The monoisotopic (exact) mass is 388 g/mol. The number of hydrogen-bond donors (Lipinski definition) is 1. The lowest BCUT2D eigenvalue weighted by atomic mass is 9.96. The molecule has 1 aliphatic heterocycles. The van der Waals surface area contributed by atoms with Gasteiger partial charge < -0.3 is 14.4 Å². The van der Waals surface area contributed by atoms with Gasteiger partial charge in [0.15, 0.2) is 16.7 Å². The SMILES string of the molecule is C=CCSc1nnc(C2CCCN(Cc3cccc(OCC)c3O)C2)n1C. The molecule has 0 aliphatic carbocycles. The summed E-state index contributed by atoms with van der Waals surface area (Å²) in [6, 6.07) is 5.71. The van der Waals surface area contributed by atoms with Crippen molar-refractivity contribution < 1.29 is 9.84 Å². The Bertz CT molecular complexity index is 777. The minimum Gasteiger partial charge on any atom is -0.504 e. The molecule has 27 heavy (non-hydrogen) atoms. The van der Waals surface area contributed by atoms with E-state index in [0.717, 1.165) is 48.2 Å². The van der Waals surface area contributed by atoms with Crippen LogP contribution in [0.5, 0.6) is 11.5 Å². The molecule has 1 atom stereocenters. The maximum Gasteiger partial charge on any atom is 0.191 e. The van der Waals surface area contributed by atoms with Crippen molar-refractivity contribution in [1.29, 1.82) is 0 Å². The highest BCUT2D eigenvalue weighted by Gasteiger charge is 2.26. The van der Waals surface area contributed by atoms with E-state index >= 15 is 0 Å². The van der Waals surface area contributed by atoms with Gasteiger partial charge >= 0.3 is 0 Å². The Morgan fingerprint density at radius 2 is 2.26 bits per heavy atom. The van der Waals surface area contributed by atoms with Crippen LogP contribution in [0.15, 0.2) is 36.0 Å². The lowest BCUT2D eigenvalue weighted by Gasteiger charge is -2.32. The number of para-hydroxylation sites is 1. The summed E-state index contributed by atoms with van der Waals surface area (Å²) in [6.45, 7) is 8.86. The van der Waals surface area contributed by atoms with Gasteiger partial charge in [-0.25, -0.2) is 0 Å². The number of aromatic nitrogens is 3. The number of piperidine rings is 1. The first-order valence-electron chi connectivity index (χ1n) is 9.43. The first-order valence-corrected chi connectivity index (χ1v) is 10.4. The van der Waals surface area contributed by atoms with Crippen LogP contribution in [0, 0.1) is 0 Å². The molecule has 0 amide bonds. The molecule has 1 saturated heterocycles. The van der Waals surface area contributed by atoms with Crippen LogP contribution in [0.2, 0.25) is 0 Å². The molecule has 146 valence electrons. The third-order valence-corrected chi connectivity index (χ3v) is 5.86. The largest absolute Gasteiger partial charge is 0.504 e. The second-order valence-corrected chi connectivity index (χ2v) is 7.76. The molecule has 1 aliphatic rings. The van der Waals surface area contributed by atoms with Gasteiger partial charge in [-0.3, -0.25) is 4.90 Å². The number of thioether (sulfide) groups is 1. The van der Waals surface area contributed by atoms with Crippen molar-refractivity contribution in [3.8, 4) is 11.5 Å². The predicted molar refractivity (Wildman–Crippen MR) is 108 cm³/mol. The maximum absolute atomic E-state index is 10.5. The highest BCUT2D eigenvalue weighted by atomic mass is 32.2. The number of rotatable bonds is 8. The quantitative estimate of drug-likeness (QED) is 0.551. The Kier molecular flexibility index (Phi) is 6.79. The van der Waals surface area contributed by atoms with Gasteiger partial charge in [0.05, 0.1) is 6.61 Å². The summed E-state index contributed by atoms with van der Waals surface area (Å²) in [5.41, 5.74) is 0.904. The highest BCUT2D eigenvalue weighted by molar-refractivity contribution is 7.99. The van der Waals surface area contributed by atoms with Crippen molar-refractivity contribution in [3.05, 3.63) is 42.2 Å². The van der Waals surface area contributed by atoms with E-state index in [0.29, 0.717) is 24.8 Å². The molecular weight excluding hydrogens is 360 g/mol. The number of likely N-dealkylation sites (tertiary alicyclic amines) is 1.